The van der Waals surface area contributed by atoms with Crippen LogP contribution in [0.25, 0.3) is 0 Å². The summed E-state index contributed by atoms with van der Waals surface area (Å²) in [6.07, 6.45) is -3.75. The number of rotatable bonds is 4. The minimum Gasteiger partial charge on any atom is -0.372 e. The van der Waals surface area contributed by atoms with Crippen molar-refractivity contribution in [1.82, 2.24) is 5.48 Å². The summed E-state index contributed by atoms with van der Waals surface area (Å²) in [6, 6.07) is 7.75. The van der Waals surface area contributed by atoms with E-state index in [9.17, 15) is 13.2 Å². The number of ether oxygens (including phenoxy) is 1. The predicted molar refractivity (Wildman–Crippen MR) is 58.8 cm³/mol. The molecule has 100 valence electrons. The Balaban J connectivity index is 1.84. The third-order valence-electron chi connectivity index (χ3n) is 2.70. The molecule has 1 heterocycles. The minimum atomic E-state index is -4.32. The third-order valence-corrected chi connectivity index (χ3v) is 2.70. The van der Waals surface area contributed by atoms with Crippen LogP contribution in [0, 0.1) is 0 Å². The molecule has 0 amide bonds. The Morgan fingerprint density at radius 3 is 2.89 bits per heavy atom. The van der Waals surface area contributed by atoms with Crippen molar-refractivity contribution in [3.05, 3.63) is 35.4 Å². The van der Waals surface area contributed by atoms with Gasteiger partial charge in [0.05, 0.1) is 19.3 Å². The largest absolute Gasteiger partial charge is 0.413 e. The lowest BCUT2D eigenvalue weighted by Crippen LogP contribution is -2.30. The fourth-order valence-corrected chi connectivity index (χ4v) is 1.91. The van der Waals surface area contributed by atoms with Gasteiger partial charge in [-0.3, -0.25) is 4.84 Å². The van der Waals surface area contributed by atoms with E-state index in [2.05, 4.69) is 10.3 Å². The molecule has 0 spiro atoms. The maximum Gasteiger partial charge on any atom is 0.413 e. The monoisotopic (exact) mass is 261 g/mol. The molecule has 1 aromatic carbocycles. The van der Waals surface area contributed by atoms with Gasteiger partial charge in [-0.1, -0.05) is 24.3 Å². The molecule has 0 saturated carbocycles. The highest BCUT2D eigenvalue weighted by Gasteiger charge is 2.28. The van der Waals surface area contributed by atoms with Crippen molar-refractivity contribution < 1.29 is 22.7 Å². The molecule has 0 saturated heterocycles. The average molecular weight is 261 g/mol. The van der Waals surface area contributed by atoms with Crippen LogP contribution in [0.4, 0.5) is 13.2 Å². The highest BCUT2D eigenvalue weighted by atomic mass is 19.4. The second-order valence-corrected chi connectivity index (χ2v) is 4.06. The van der Waals surface area contributed by atoms with Gasteiger partial charge in [0, 0.05) is 0 Å². The Kier molecular flexibility index (Phi) is 4.21. The second kappa shape index (κ2) is 5.69. The van der Waals surface area contributed by atoms with E-state index in [1.54, 1.807) is 0 Å². The van der Waals surface area contributed by atoms with E-state index < -0.39 is 12.8 Å². The summed E-state index contributed by atoms with van der Waals surface area (Å²) in [6.45, 7) is -0.531. The molecule has 1 aliphatic heterocycles. The van der Waals surface area contributed by atoms with Crippen molar-refractivity contribution in [2.75, 3.05) is 19.8 Å². The first-order chi connectivity index (χ1) is 8.56. The van der Waals surface area contributed by atoms with Gasteiger partial charge in [0.1, 0.15) is 0 Å². The Labute approximate surface area is 103 Å². The van der Waals surface area contributed by atoms with Crippen LogP contribution in [0.15, 0.2) is 24.3 Å². The summed E-state index contributed by atoms with van der Waals surface area (Å²) in [4.78, 5) is 4.36. The number of alkyl halides is 3. The van der Waals surface area contributed by atoms with Crippen LogP contribution < -0.4 is 5.48 Å². The lowest BCUT2D eigenvalue weighted by atomic mass is 9.98. The second-order valence-electron chi connectivity index (χ2n) is 4.06. The first-order valence-electron chi connectivity index (χ1n) is 5.67. The third kappa shape index (κ3) is 3.69. The fraction of sp³-hybridized carbons (Fsp3) is 0.500. The molecule has 0 aromatic heterocycles. The number of nitrogens with one attached hydrogen (secondary N) is 1. The van der Waals surface area contributed by atoms with E-state index >= 15 is 0 Å². The molecule has 1 unspecified atom stereocenters. The minimum absolute atomic E-state index is 0.201. The number of hydrogen-bond acceptors (Lipinski definition) is 3. The summed E-state index contributed by atoms with van der Waals surface area (Å²) in [7, 11) is 0. The summed E-state index contributed by atoms with van der Waals surface area (Å²) < 4.78 is 41.1. The summed E-state index contributed by atoms with van der Waals surface area (Å²) in [5.74, 6) is 0. The van der Waals surface area contributed by atoms with E-state index in [0.717, 1.165) is 12.0 Å². The molecule has 0 bridgehead atoms. The average Bonchev–Trinajstić information content (AvgIpc) is 2.33. The van der Waals surface area contributed by atoms with Crippen molar-refractivity contribution in [3.63, 3.8) is 0 Å². The summed E-state index contributed by atoms with van der Waals surface area (Å²) >= 11 is 0. The first kappa shape index (κ1) is 13.3. The lowest BCUT2D eigenvalue weighted by Gasteiger charge is -2.26. The maximum atomic E-state index is 11.9. The number of halogens is 3. The van der Waals surface area contributed by atoms with Gasteiger partial charge in [-0.05, 0) is 17.5 Å². The zero-order valence-corrected chi connectivity index (χ0v) is 9.67. The molecule has 3 nitrogen and oxygen atoms in total. The van der Waals surface area contributed by atoms with Crippen molar-refractivity contribution >= 4 is 0 Å². The molecule has 0 radical (unpaired) electrons. The molecule has 2 rings (SSSR count). The number of hydrogen-bond donors (Lipinski definition) is 1. The Hall–Kier alpha value is -1.11. The normalized spacial score (nSPS) is 19.6. The zero-order valence-electron chi connectivity index (χ0n) is 9.67. The Morgan fingerprint density at radius 1 is 1.33 bits per heavy atom. The topological polar surface area (TPSA) is 30.5 Å². The van der Waals surface area contributed by atoms with Crippen LogP contribution in [0.5, 0.6) is 0 Å². The van der Waals surface area contributed by atoms with Gasteiger partial charge < -0.3 is 4.74 Å². The Morgan fingerprint density at radius 2 is 2.11 bits per heavy atom. The van der Waals surface area contributed by atoms with E-state index in [1.807, 2.05) is 24.3 Å². The highest BCUT2D eigenvalue weighted by molar-refractivity contribution is 5.31. The number of hydroxylamine groups is 1. The van der Waals surface area contributed by atoms with Crippen LogP contribution in [0.1, 0.15) is 17.2 Å². The summed E-state index contributed by atoms with van der Waals surface area (Å²) in [5.41, 5.74) is 4.49. The van der Waals surface area contributed by atoms with E-state index in [-0.39, 0.29) is 12.6 Å². The molecule has 18 heavy (non-hydrogen) atoms. The Bertz CT molecular complexity index is 395. The first-order valence-corrected chi connectivity index (χ1v) is 5.67. The maximum absolute atomic E-state index is 11.9. The van der Waals surface area contributed by atoms with Crippen LogP contribution in [-0.4, -0.2) is 25.9 Å². The predicted octanol–water partition coefficient (Wildman–Crippen LogP) is 2.38. The molecule has 1 aromatic rings. The van der Waals surface area contributed by atoms with Gasteiger partial charge in [0.25, 0.3) is 0 Å². The molecule has 6 heteroatoms. The summed E-state index contributed by atoms with van der Waals surface area (Å²) in [5, 5.41) is 0. The van der Waals surface area contributed by atoms with Crippen LogP contribution >= 0.6 is 0 Å². The quantitative estimate of drug-likeness (QED) is 0.667. The fourth-order valence-electron chi connectivity index (χ4n) is 1.91. The van der Waals surface area contributed by atoms with Gasteiger partial charge in [-0.15, -0.1) is 0 Å². The van der Waals surface area contributed by atoms with Gasteiger partial charge in [0.2, 0.25) is 0 Å². The highest BCUT2D eigenvalue weighted by Crippen LogP contribution is 2.26. The number of benzene rings is 1. The van der Waals surface area contributed by atoms with Crippen molar-refractivity contribution in [2.24, 2.45) is 0 Å². The smallest absolute Gasteiger partial charge is 0.372 e. The van der Waals surface area contributed by atoms with Crippen molar-refractivity contribution in [1.29, 1.82) is 0 Å². The van der Waals surface area contributed by atoms with Gasteiger partial charge >= 0.3 is 6.18 Å². The molecule has 1 N–H and O–H groups in total. The van der Waals surface area contributed by atoms with Crippen molar-refractivity contribution in [2.45, 2.75) is 18.7 Å². The van der Waals surface area contributed by atoms with Crippen LogP contribution in [-0.2, 0) is 16.0 Å². The SMILES string of the molecule is FC(F)(F)CONCC1OCCc2ccccc21. The van der Waals surface area contributed by atoms with Gasteiger partial charge in [-0.25, -0.2) is 0 Å². The lowest BCUT2D eigenvalue weighted by molar-refractivity contribution is -0.192. The molecule has 0 aliphatic carbocycles. The van der Waals surface area contributed by atoms with Crippen LogP contribution in [0.3, 0.4) is 0 Å². The van der Waals surface area contributed by atoms with E-state index in [0.29, 0.717) is 6.61 Å². The number of fused-ring (bicyclic) bond motifs is 1. The standard InChI is InChI=1S/C12H14F3NO2/c13-12(14,15)8-18-16-7-11-10-4-2-1-3-9(10)5-6-17-11/h1-4,11,16H,5-8H2. The molecular weight excluding hydrogens is 247 g/mol. The van der Waals surface area contributed by atoms with Gasteiger partial charge in [-0.2, -0.15) is 18.7 Å². The molecule has 0 fully saturated rings. The van der Waals surface area contributed by atoms with E-state index in [4.69, 9.17) is 4.74 Å². The van der Waals surface area contributed by atoms with Crippen molar-refractivity contribution in [3.8, 4) is 0 Å². The van der Waals surface area contributed by atoms with Gasteiger partial charge in [0.15, 0.2) is 6.61 Å². The molecular formula is C12H14F3NO2. The molecule has 1 aliphatic rings. The molecule has 1 atom stereocenters. The van der Waals surface area contributed by atoms with Crippen LogP contribution in [0.2, 0.25) is 0 Å². The van der Waals surface area contributed by atoms with E-state index in [1.165, 1.54) is 5.56 Å². The zero-order chi connectivity index (χ0) is 13.0.